The van der Waals surface area contributed by atoms with E-state index >= 15 is 0 Å². The predicted molar refractivity (Wildman–Crippen MR) is 122 cm³/mol. The van der Waals surface area contributed by atoms with E-state index < -0.39 is 52.7 Å². The monoisotopic (exact) mass is 559 g/mol. The van der Waals surface area contributed by atoms with Gasteiger partial charge in [-0.15, -0.1) is 13.2 Å². The van der Waals surface area contributed by atoms with Crippen LogP contribution in [-0.2, 0) is 6.18 Å². The van der Waals surface area contributed by atoms with Gasteiger partial charge in [-0.2, -0.15) is 13.2 Å². The lowest BCUT2D eigenvalue weighted by molar-refractivity contribution is -0.274. The van der Waals surface area contributed by atoms with Crippen LogP contribution in [0.4, 0.5) is 32.0 Å². The minimum atomic E-state index is -5.04. The molecule has 1 amide bonds. The molecule has 9 nitrogen and oxygen atoms in total. The lowest BCUT2D eigenvalue weighted by atomic mass is 10.1. The molecule has 0 aliphatic carbocycles. The van der Waals surface area contributed by atoms with Gasteiger partial charge in [-0.05, 0) is 30.7 Å². The van der Waals surface area contributed by atoms with Gasteiger partial charge in [-0.3, -0.25) is 14.6 Å². The maximum atomic E-state index is 13.7. The molecule has 208 valence electrons. The van der Waals surface area contributed by atoms with Gasteiger partial charge in [0.15, 0.2) is 34.5 Å². The Morgan fingerprint density at radius 3 is 2.15 bits per heavy atom. The van der Waals surface area contributed by atoms with E-state index in [2.05, 4.69) is 20.0 Å². The lowest BCUT2D eigenvalue weighted by Crippen LogP contribution is -2.19. The molecule has 0 aliphatic heterocycles. The highest BCUT2D eigenvalue weighted by molar-refractivity contribution is 6.09. The molecule has 3 rings (SSSR count). The predicted octanol–water partition coefficient (Wildman–Crippen LogP) is 5.97. The lowest BCUT2D eigenvalue weighted by Gasteiger charge is -2.19. The van der Waals surface area contributed by atoms with Crippen LogP contribution in [0.2, 0.25) is 0 Å². The van der Waals surface area contributed by atoms with Crippen molar-refractivity contribution >= 4 is 17.4 Å². The Morgan fingerprint density at radius 1 is 0.897 bits per heavy atom. The van der Waals surface area contributed by atoms with Crippen molar-refractivity contribution in [3.8, 4) is 28.7 Å². The van der Waals surface area contributed by atoms with Gasteiger partial charge in [-0.25, -0.2) is 4.98 Å². The van der Waals surface area contributed by atoms with E-state index in [0.29, 0.717) is 11.8 Å². The standard InChI is InChI=1S/C24H19F6N3O6/c1-11-9-31-15(12(2)34)8-14(11)33-22(35)19-18(10-32-21(20(19)37-4)23(25,26)27)38-16-6-5-13(7-17(16)36-3)39-24(28,29)30/h5-10H,1-4H3,(H,31,33,35). The average Bonchev–Trinajstić information content (AvgIpc) is 2.83. The number of nitrogens with one attached hydrogen (secondary N) is 1. The molecule has 0 radical (unpaired) electrons. The topological polar surface area (TPSA) is 109 Å². The highest BCUT2D eigenvalue weighted by Crippen LogP contribution is 2.43. The number of halogens is 6. The highest BCUT2D eigenvalue weighted by atomic mass is 19.4. The molecule has 0 unspecified atom stereocenters. The highest BCUT2D eigenvalue weighted by Gasteiger charge is 2.40. The summed E-state index contributed by atoms with van der Waals surface area (Å²) in [6.45, 7) is 2.76. The largest absolute Gasteiger partial charge is 0.573 e. The molecular formula is C24H19F6N3O6. The first kappa shape index (κ1) is 29.0. The molecule has 1 aromatic carbocycles. The molecular weight excluding hydrogens is 540 g/mol. The van der Waals surface area contributed by atoms with Crippen LogP contribution in [0, 0.1) is 6.92 Å². The summed E-state index contributed by atoms with van der Waals surface area (Å²) in [5.74, 6) is -4.38. The van der Waals surface area contributed by atoms with Crippen molar-refractivity contribution in [2.75, 3.05) is 19.5 Å². The van der Waals surface area contributed by atoms with Crippen LogP contribution in [-0.4, -0.2) is 42.2 Å². The van der Waals surface area contributed by atoms with Crippen LogP contribution in [0.1, 0.15) is 39.0 Å². The van der Waals surface area contributed by atoms with E-state index in [1.165, 1.54) is 26.1 Å². The normalized spacial score (nSPS) is 11.5. The third kappa shape index (κ3) is 6.86. The molecule has 3 aromatic rings. The molecule has 0 bridgehead atoms. The van der Waals surface area contributed by atoms with Gasteiger partial charge in [0.05, 0.1) is 20.4 Å². The minimum absolute atomic E-state index is 0.0176. The number of carbonyl (C=O) groups excluding carboxylic acids is 2. The number of rotatable bonds is 8. The molecule has 0 fully saturated rings. The molecule has 0 saturated carbocycles. The van der Waals surface area contributed by atoms with E-state index in [1.54, 1.807) is 0 Å². The van der Waals surface area contributed by atoms with E-state index in [0.717, 1.165) is 32.4 Å². The van der Waals surface area contributed by atoms with Gasteiger partial charge in [0.2, 0.25) is 0 Å². The van der Waals surface area contributed by atoms with Gasteiger partial charge in [0.25, 0.3) is 5.91 Å². The number of ether oxygens (including phenoxy) is 4. The van der Waals surface area contributed by atoms with Crippen molar-refractivity contribution in [1.29, 1.82) is 0 Å². The van der Waals surface area contributed by atoms with Gasteiger partial charge in [0.1, 0.15) is 17.0 Å². The molecule has 0 aliphatic rings. The van der Waals surface area contributed by atoms with Crippen LogP contribution in [0.15, 0.2) is 36.7 Å². The van der Waals surface area contributed by atoms with Crippen LogP contribution in [0.25, 0.3) is 0 Å². The quantitative estimate of drug-likeness (QED) is 0.266. The second kappa shape index (κ2) is 11.0. The minimum Gasteiger partial charge on any atom is -0.493 e. The van der Waals surface area contributed by atoms with Gasteiger partial charge < -0.3 is 24.3 Å². The summed E-state index contributed by atoms with van der Waals surface area (Å²) in [4.78, 5) is 32.3. The third-order valence-corrected chi connectivity index (χ3v) is 5.00. The number of aromatic nitrogens is 2. The molecule has 2 aromatic heterocycles. The van der Waals surface area contributed by atoms with E-state index in [-0.39, 0.29) is 22.9 Å². The zero-order valence-corrected chi connectivity index (χ0v) is 20.6. The van der Waals surface area contributed by atoms with Crippen molar-refractivity contribution in [2.45, 2.75) is 26.4 Å². The molecule has 0 saturated heterocycles. The van der Waals surface area contributed by atoms with Crippen molar-refractivity contribution in [1.82, 2.24) is 9.97 Å². The molecule has 39 heavy (non-hydrogen) atoms. The number of pyridine rings is 2. The number of benzene rings is 1. The van der Waals surface area contributed by atoms with Crippen LogP contribution >= 0.6 is 0 Å². The van der Waals surface area contributed by atoms with Crippen molar-refractivity contribution in [3.63, 3.8) is 0 Å². The van der Waals surface area contributed by atoms with E-state index in [9.17, 15) is 35.9 Å². The van der Waals surface area contributed by atoms with Crippen molar-refractivity contribution in [3.05, 3.63) is 59.2 Å². The van der Waals surface area contributed by atoms with Crippen LogP contribution < -0.4 is 24.3 Å². The van der Waals surface area contributed by atoms with Crippen LogP contribution in [0.3, 0.4) is 0 Å². The zero-order chi connectivity index (χ0) is 29.1. The second-order valence-corrected chi connectivity index (χ2v) is 7.73. The summed E-state index contributed by atoms with van der Waals surface area (Å²) in [6, 6.07) is 3.90. The number of hydrogen-bond acceptors (Lipinski definition) is 8. The number of nitrogens with zero attached hydrogens (tertiary/aromatic N) is 2. The fourth-order valence-electron chi connectivity index (χ4n) is 3.25. The Kier molecular flexibility index (Phi) is 8.22. The Bertz CT molecular complexity index is 1410. The summed E-state index contributed by atoms with van der Waals surface area (Å²) < 4.78 is 98.1. The van der Waals surface area contributed by atoms with E-state index in [1.807, 2.05) is 0 Å². The number of anilines is 1. The number of carbonyl (C=O) groups is 2. The number of Topliss-reactive ketones (excluding diaryl/α,β-unsaturated/α-hetero) is 1. The fraction of sp³-hybridized carbons (Fsp3) is 0.250. The molecule has 1 N–H and O–H groups in total. The first-order valence-electron chi connectivity index (χ1n) is 10.7. The van der Waals surface area contributed by atoms with E-state index in [4.69, 9.17) is 14.2 Å². The maximum Gasteiger partial charge on any atom is 0.573 e. The van der Waals surface area contributed by atoms with Gasteiger partial charge in [-0.1, -0.05) is 0 Å². The van der Waals surface area contributed by atoms with Gasteiger partial charge in [0, 0.05) is 24.9 Å². The number of alkyl halides is 6. The van der Waals surface area contributed by atoms with Crippen LogP contribution in [0.5, 0.6) is 28.7 Å². The summed E-state index contributed by atoms with van der Waals surface area (Å²) in [7, 11) is 1.97. The fourth-order valence-corrected chi connectivity index (χ4v) is 3.25. The molecule has 0 atom stereocenters. The SMILES string of the molecule is COc1cc(OC(F)(F)F)ccc1Oc1cnc(C(F)(F)F)c(OC)c1C(=O)Nc1cc(C(C)=O)ncc1C. The maximum absolute atomic E-state index is 13.7. The molecule has 2 heterocycles. The first-order valence-corrected chi connectivity index (χ1v) is 10.7. The molecule has 15 heteroatoms. The Labute approximate surface area is 216 Å². The van der Waals surface area contributed by atoms with Crippen molar-refractivity contribution in [2.24, 2.45) is 0 Å². The summed E-state index contributed by atoms with van der Waals surface area (Å²) in [5.41, 5.74) is -1.88. The number of hydrogen-bond donors (Lipinski definition) is 1. The Hall–Kier alpha value is -4.56. The molecule has 0 spiro atoms. The summed E-state index contributed by atoms with van der Waals surface area (Å²) >= 11 is 0. The number of ketones is 1. The van der Waals surface area contributed by atoms with Gasteiger partial charge >= 0.3 is 12.5 Å². The summed E-state index contributed by atoms with van der Waals surface area (Å²) in [6.07, 6.45) is -8.16. The Morgan fingerprint density at radius 2 is 1.59 bits per heavy atom. The Balaban J connectivity index is 2.13. The number of amides is 1. The zero-order valence-electron chi connectivity index (χ0n) is 20.6. The van der Waals surface area contributed by atoms with Crippen molar-refractivity contribution < 1.29 is 54.9 Å². The third-order valence-electron chi connectivity index (χ3n) is 5.00. The smallest absolute Gasteiger partial charge is 0.493 e. The summed E-state index contributed by atoms with van der Waals surface area (Å²) in [5, 5.41) is 2.40. The number of aryl methyl sites for hydroxylation is 1. The first-order chi connectivity index (χ1) is 18.1. The average molecular weight is 559 g/mol. The second-order valence-electron chi connectivity index (χ2n) is 7.73. The number of methoxy groups -OCH3 is 2.